The highest BCUT2D eigenvalue weighted by Crippen LogP contribution is 2.31. The van der Waals surface area contributed by atoms with Gasteiger partial charge in [0.2, 0.25) is 0 Å². The fraction of sp³-hybridized carbons (Fsp3) is 1.00. The molecule has 0 spiro atoms. The van der Waals surface area contributed by atoms with Crippen LogP contribution < -0.4 is 5.73 Å². The van der Waals surface area contributed by atoms with E-state index < -0.39 is 0 Å². The van der Waals surface area contributed by atoms with Crippen molar-refractivity contribution >= 4 is 0 Å². The van der Waals surface area contributed by atoms with Crippen LogP contribution >= 0.6 is 0 Å². The molecule has 0 aromatic rings. The van der Waals surface area contributed by atoms with E-state index in [9.17, 15) is 0 Å². The Kier molecular flexibility index (Phi) is 3.88. The molecule has 0 aromatic carbocycles. The van der Waals surface area contributed by atoms with Crippen LogP contribution in [0.5, 0.6) is 0 Å². The largest absolute Gasteiger partial charge is 0.329 e. The summed E-state index contributed by atoms with van der Waals surface area (Å²) in [5.74, 6) is 0. The lowest BCUT2D eigenvalue weighted by Crippen LogP contribution is -2.53. The van der Waals surface area contributed by atoms with E-state index in [-0.39, 0.29) is 5.54 Å². The predicted molar refractivity (Wildman–Crippen MR) is 68.5 cm³/mol. The topological polar surface area (TPSA) is 32.5 Å². The average molecular weight is 225 g/mol. The quantitative estimate of drug-likeness (QED) is 0.785. The standard InChI is InChI=1S/C13H27N3/c1-15(2)13(10-14)8-9-16(11-13)12-6-4-3-5-7-12/h12H,3-11,14H2,1-2H3. The van der Waals surface area contributed by atoms with Crippen LogP contribution in [0.25, 0.3) is 0 Å². The number of likely N-dealkylation sites (tertiary alicyclic amines) is 1. The molecule has 3 heteroatoms. The molecule has 1 heterocycles. The van der Waals surface area contributed by atoms with Crippen molar-refractivity contribution in [1.82, 2.24) is 9.80 Å². The molecule has 2 aliphatic rings. The van der Waals surface area contributed by atoms with Gasteiger partial charge in [-0.25, -0.2) is 0 Å². The van der Waals surface area contributed by atoms with E-state index in [2.05, 4.69) is 23.9 Å². The minimum atomic E-state index is 0.247. The Morgan fingerprint density at radius 2 is 1.94 bits per heavy atom. The first kappa shape index (κ1) is 12.3. The van der Waals surface area contributed by atoms with Gasteiger partial charge < -0.3 is 10.6 Å². The van der Waals surface area contributed by atoms with Crippen molar-refractivity contribution in [3.63, 3.8) is 0 Å². The molecule has 1 aliphatic heterocycles. The van der Waals surface area contributed by atoms with Crippen LogP contribution in [0.1, 0.15) is 38.5 Å². The molecule has 1 saturated heterocycles. The number of nitrogens with zero attached hydrogens (tertiary/aromatic N) is 2. The number of rotatable bonds is 3. The van der Waals surface area contributed by atoms with Crippen LogP contribution in [-0.4, -0.2) is 55.1 Å². The van der Waals surface area contributed by atoms with E-state index in [1.165, 1.54) is 51.6 Å². The van der Waals surface area contributed by atoms with Crippen LogP contribution in [0.2, 0.25) is 0 Å². The molecule has 0 aromatic heterocycles. The van der Waals surface area contributed by atoms with Crippen molar-refractivity contribution in [2.45, 2.75) is 50.1 Å². The highest BCUT2D eigenvalue weighted by Gasteiger charge is 2.41. The molecular weight excluding hydrogens is 198 g/mol. The Morgan fingerprint density at radius 3 is 2.44 bits per heavy atom. The van der Waals surface area contributed by atoms with Gasteiger partial charge in [0.25, 0.3) is 0 Å². The van der Waals surface area contributed by atoms with Gasteiger partial charge >= 0.3 is 0 Å². The van der Waals surface area contributed by atoms with E-state index in [0.29, 0.717) is 0 Å². The van der Waals surface area contributed by atoms with E-state index >= 15 is 0 Å². The van der Waals surface area contributed by atoms with Gasteiger partial charge in [-0.1, -0.05) is 19.3 Å². The molecule has 1 unspecified atom stereocenters. The van der Waals surface area contributed by atoms with Gasteiger partial charge in [-0.05, 0) is 33.4 Å². The molecule has 1 atom stereocenters. The van der Waals surface area contributed by atoms with Crippen molar-refractivity contribution in [1.29, 1.82) is 0 Å². The number of hydrogen-bond donors (Lipinski definition) is 1. The zero-order valence-electron chi connectivity index (χ0n) is 10.9. The maximum Gasteiger partial charge on any atom is 0.0464 e. The van der Waals surface area contributed by atoms with Gasteiger partial charge in [-0.2, -0.15) is 0 Å². The molecule has 0 amide bonds. The third-order valence-corrected chi connectivity index (χ3v) is 4.78. The third kappa shape index (κ3) is 2.27. The summed E-state index contributed by atoms with van der Waals surface area (Å²) in [6, 6.07) is 0.849. The minimum absolute atomic E-state index is 0.247. The van der Waals surface area contributed by atoms with Crippen LogP contribution in [0.3, 0.4) is 0 Å². The average Bonchev–Trinajstić information content (AvgIpc) is 2.76. The zero-order valence-corrected chi connectivity index (χ0v) is 10.9. The molecule has 0 radical (unpaired) electrons. The molecule has 2 N–H and O–H groups in total. The summed E-state index contributed by atoms with van der Waals surface area (Å²) in [5.41, 5.74) is 6.24. The summed E-state index contributed by atoms with van der Waals surface area (Å²) in [6.07, 6.45) is 8.37. The second-order valence-corrected chi connectivity index (χ2v) is 5.84. The van der Waals surface area contributed by atoms with Gasteiger partial charge in [0.15, 0.2) is 0 Å². The second-order valence-electron chi connectivity index (χ2n) is 5.84. The van der Waals surface area contributed by atoms with Crippen LogP contribution in [0, 0.1) is 0 Å². The SMILES string of the molecule is CN(C)C1(CN)CCN(C2CCCCC2)C1. The fourth-order valence-corrected chi connectivity index (χ4v) is 3.36. The Bertz CT molecular complexity index is 223. The van der Waals surface area contributed by atoms with Gasteiger partial charge in [-0.3, -0.25) is 4.90 Å². The normalized spacial score (nSPS) is 33.8. The number of nitrogens with two attached hydrogens (primary N) is 1. The molecule has 1 aliphatic carbocycles. The molecular formula is C13H27N3. The molecule has 1 saturated carbocycles. The summed E-state index contributed by atoms with van der Waals surface area (Å²) in [7, 11) is 4.36. The lowest BCUT2D eigenvalue weighted by Gasteiger charge is -2.37. The first-order chi connectivity index (χ1) is 7.68. The lowest BCUT2D eigenvalue weighted by molar-refractivity contribution is 0.130. The first-order valence-corrected chi connectivity index (χ1v) is 6.79. The monoisotopic (exact) mass is 225 g/mol. The lowest BCUT2D eigenvalue weighted by atomic mass is 9.94. The first-order valence-electron chi connectivity index (χ1n) is 6.79. The molecule has 2 fully saturated rings. The van der Waals surface area contributed by atoms with E-state index in [1.807, 2.05) is 0 Å². The highest BCUT2D eigenvalue weighted by molar-refractivity contribution is 5.00. The number of likely N-dealkylation sites (N-methyl/N-ethyl adjacent to an activating group) is 1. The Balaban J connectivity index is 1.95. The van der Waals surface area contributed by atoms with Crippen LogP contribution in [-0.2, 0) is 0 Å². The van der Waals surface area contributed by atoms with E-state index in [0.717, 1.165) is 12.6 Å². The van der Waals surface area contributed by atoms with E-state index in [4.69, 9.17) is 5.73 Å². The van der Waals surface area contributed by atoms with Gasteiger partial charge in [0, 0.05) is 31.2 Å². The fourth-order valence-electron chi connectivity index (χ4n) is 3.36. The van der Waals surface area contributed by atoms with Crippen molar-refractivity contribution in [3.8, 4) is 0 Å². The number of hydrogen-bond acceptors (Lipinski definition) is 3. The molecule has 0 bridgehead atoms. The van der Waals surface area contributed by atoms with Crippen LogP contribution in [0.15, 0.2) is 0 Å². The predicted octanol–water partition coefficient (Wildman–Crippen LogP) is 1.28. The van der Waals surface area contributed by atoms with Gasteiger partial charge in [-0.15, -0.1) is 0 Å². The Morgan fingerprint density at radius 1 is 1.25 bits per heavy atom. The summed E-state index contributed by atoms with van der Waals surface area (Å²) in [6.45, 7) is 3.23. The maximum atomic E-state index is 5.99. The molecule has 2 rings (SSSR count). The summed E-state index contributed by atoms with van der Waals surface area (Å²) < 4.78 is 0. The van der Waals surface area contributed by atoms with Crippen molar-refractivity contribution in [3.05, 3.63) is 0 Å². The third-order valence-electron chi connectivity index (χ3n) is 4.78. The summed E-state index contributed by atoms with van der Waals surface area (Å²) in [4.78, 5) is 5.04. The Hall–Kier alpha value is -0.120. The van der Waals surface area contributed by atoms with Crippen molar-refractivity contribution in [2.75, 3.05) is 33.7 Å². The van der Waals surface area contributed by atoms with E-state index in [1.54, 1.807) is 0 Å². The summed E-state index contributed by atoms with van der Waals surface area (Å²) >= 11 is 0. The summed E-state index contributed by atoms with van der Waals surface area (Å²) in [5, 5.41) is 0. The van der Waals surface area contributed by atoms with Crippen LogP contribution in [0.4, 0.5) is 0 Å². The minimum Gasteiger partial charge on any atom is -0.329 e. The maximum absolute atomic E-state index is 5.99. The van der Waals surface area contributed by atoms with Gasteiger partial charge in [0.05, 0.1) is 0 Å². The molecule has 94 valence electrons. The van der Waals surface area contributed by atoms with Gasteiger partial charge in [0.1, 0.15) is 0 Å². The Labute approximate surface area is 100.0 Å². The van der Waals surface area contributed by atoms with Crippen molar-refractivity contribution < 1.29 is 0 Å². The highest BCUT2D eigenvalue weighted by atomic mass is 15.3. The molecule has 16 heavy (non-hydrogen) atoms. The smallest absolute Gasteiger partial charge is 0.0464 e. The zero-order chi connectivity index (χ0) is 11.6. The second kappa shape index (κ2) is 5.03. The van der Waals surface area contributed by atoms with Crippen molar-refractivity contribution in [2.24, 2.45) is 5.73 Å². The molecule has 3 nitrogen and oxygen atoms in total.